The van der Waals surface area contributed by atoms with E-state index in [0.717, 1.165) is 130 Å². The lowest BCUT2D eigenvalue weighted by atomic mass is 9.77. The Kier molecular flexibility index (Phi) is 22.7. The van der Waals surface area contributed by atoms with E-state index in [2.05, 4.69) is 96.0 Å². The lowest BCUT2D eigenvalue weighted by Gasteiger charge is -2.34. The number of hydrogen-bond acceptors (Lipinski definition) is 22. The van der Waals surface area contributed by atoms with Crippen molar-refractivity contribution in [2.75, 3.05) is 30.2 Å². The Morgan fingerprint density at radius 1 is 0.469 bits per heavy atom. The number of anilines is 6. The summed E-state index contributed by atoms with van der Waals surface area (Å²) in [6.45, 7) is 7.68. The predicted octanol–water partition coefficient (Wildman–Crippen LogP) is 19.9. The van der Waals surface area contributed by atoms with Crippen molar-refractivity contribution in [3.8, 4) is 31.7 Å². The van der Waals surface area contributed by atoms with Gasteiger partial charge in [0.2, 0.25) is 0 Å². The van der Waals surface area contributed by atoms with Crippen molar-refractivity contribution < 1.29 is 63.7 Å². The number of halogens is 9. The van der Waals surface area contributed by atoms with E-state index >= 15 is 0 Å². The van der Waals surface area contributed by atoms with Crippen LogP contribution in [0.2, 0.25) is 0 Å². The lowest BCUT2D eigenvalue weighted by molar-refractivity contribution is -0.138. The summed E-state index contributed by atoms with van der Waals surface area (Å²) in [5.74, 6) is 0.276. The first-order valence-electron chi connectivity index (χ1n) is 35.2. The average molecular weight is 1600 g/mol. The molecule has 15 rings (SSSR count). The topological polar surface area (TPSA) is 300 Å². The summed E-state index contributed by atoms with van der Waals surface area (Å²) < 4.78 is 128. The number of nitrogens with zero attached hydrogens (tertiary/aromatic N) is 12. The van der Waals surface area contributed by atoms with E-state index in [1.165, 1.54) is 59.4 Å². The Morgan fingerprint density at radius 2 is 0.858 bits per heavy atom. The highest BCUT2D eigenvalue weighted by atomic mass is 32.1. The molecule has 3 aromatic carbocycles. The van der Waals surface area contributed by atoms with Gasteiger partial charge in [-0.05, 0) is 238 Å². The van der Waals surface area contributed by atoms with E-state index < -0.39 is 63.8 Å². The van der Waals surface area contributed by atoms with Gasteiger partial charge in [0, 0.05) is 42.1 Å². The zero-order valence-corrected chi connectivity index (χ0v) is 63.6. The number of pyridine rings is 6. The van der Waals surface area contributed by atoms with Crippen LogP contribution in [0.3, 0.4) is 0 Å². The molecule has 0 fully saturated rings. The number of rotatable bonds is 15. The van der Waals surface area contributed by atoms with Crippen LogP contribution in [0.25, 0.3) is 42.2 Å². The highest BCUT2D eigenvalue weighted by Crippen LogP contribution is 2.49. The number of benzene rings is 3. The standard InChI is InChI=1S/C27H22F3N7O2S.C27H23F3N4O3S.C26H24F3N5S/c1-15-10-20(34-23(11-15)35-22-13-18(7-9-32-22)27(28,29)30)21-14-33-25(40-21)26(36-37-31)8-3-4-16-12-17(24(38)39-2)5-6-19(16)26;1-15-10-20(33-23(11-15)34-22-13-18(7-9-31-22)27(28,29)30)21-14-32-25(38-21)26(36)8-3-4-16-12-17(24(35)37-2)5-6-19(16)26;1-15-5-6-19-17(10-15)4-3-8-25(19,30)24-32-14-21(35-24)20-11-16(2)12-23(33-20)34-22-13-18(7-9-31-22)26(27,28)29/h5-7,9-14H,3-4,8H2,1-2H3,(H,32,34,35);5-7,9-14,36H,3-4,8H2,1-2H3,(H,31,33,34);5-7,9-14H,3-4,8,30H2,1-2H3,(H,31,33,34)/t;26-;/m.0./s1. The SMILES string of the molecule is COC(=O)c1ccc2c(c1)CCCC2(N=[N+]=[N-])c1ncc(-c2cc(C)cc(Nc3cc(C(F)(F)F)ccn3)n2)s1.COC(=O)c1ccc2c(c1)CCC[C@@]2(O)c1ncc(-c2cc(C)cc(Nc3cc(C(F)(F)F)ccn3)n2)s1.Cc1cc(Nc2cc(C(F)(F)F)ccn2)nc(-c2cnc(C3(N)CCCc4cc(C)ccc43)s2)c1. The minimum absolute atomic E-state index is 0.0105. The van der Waals surface area contributed by atoms with Crippen LogP contribution < -0.4 is 21.7 Å². The number of esters is 2. The van der Waals surface area contributed by atoms with Gasteiger partial charge in [0.15, 0.2) is 0 Å². The second-order valence-electron chi connectivity index (χ2n) is 27.3. The number of methoxy groups -OCH3 is 2. The summed E-state index contributed by atoms with van der Waals surface area (Å²) in [7, 11) is 2.64. The van der Waals surface area contributed by atoms with Crippen LogP contribution >= 0.6 is 34.0 Å². The van der Waals surface area contributed by atoms with Crippen molar-refractivity contribution in [1.82, 2.24) is 44.9 Å². The average Bonchev–Trinajstić information content (AvgIpc) is 1.74. The molecule has 33 heteroatoms. The van der Waals surface area contributed by atoms with Crippen LogP contribution in [0.4, 0.5) is 74.4 Å². The summed E-state index contributed by atoms with van der Waals surface area (Å²) in [6, 6.07) is 33.0. The maximum Gasteiger partial charge on any atom is 0.416 e. The number of fused-ring (bicyclic) bond motifs is 3. The first kappa shape index (κ1) is 79.5. The van der Waals surface area contributed by atoms with Gasteiger partial charge in [0.1, 0.15) is 61.1 Å². The van der Waals surface area contributed by atoms with Gasteiger partial charge >= 0.3 is 30.5 Å². The zero-order valence-electron chi connectivity index (χ0n) is 61.1. The third kappa shape index (κ3) is 17.5. The normalized spacial score (nSPS) is 17.1. The van der Waals surface area contributed by atoms with E-state index in [9.17, 15) is 59.7 Å². The molecule has 0 aliphatic heterocycles. The number of nitrogens with one attached hydrogen (secondary N) is 3. The molecule has 12 aromatic rings. The first-order valence-corrected chi connectivity index (χ1v) is 37.6. The third-order valence-corrected chi connectivity index (χ3v) is 22.7. The predicted molar refractivity (Wildman–Crippen MR) is 411 cm³/mol. The number of ether oxygens (including phenoxy) is 2. The number of thiazole rings is 3. The fourth-order valence-corrected chi connectivity index (χ4v) is 17.0. The second-order valence-corrected chi connectivity index (χ2v) is 30.4. The van der Waals surface area contributed by atoms with Gasteiger partial charge < -0.3 is 36.3 Å². The molecule has 3 atom stereocenters. The molecule has 0 amide bonds. The highest BCUT2D eigenvalue weighted by Gasteiger charge is 2.43. The van der Waals surface area contributed by atoms with E-state index in [1.54, 1.807) is 73.2 Å². The third-order valence-electron chi connectivity index (χ3n) is 19.2. The Labute approximate surface area is 652 Å². The lowest BCUT2D eigenvalue weighted by Crippen LogP contribution is -2.41. The molecule has 2 unspecified atom stereocenters. The molecule has 6 N–H and O–H groups in total. The van der Waals surface area contributed by atoms with Crippen molar-refractivity contribution in [3.05, 3.63) is 273 Å². The quantitative estimate of drug-likeness (QED) is 0.0209. The zero-order chi connectivity index (χ0) is 80.4. The molecule has 3 aliphatic rings. The molecule has 0 spiro atoms. The fraction of sp³-hybridized carbons (Fsp3) is 0.263. The molecule has 9 aromatic heterocycles. The molecular weight excluding hydrogens is 1530 g/mol. The number of aromatic nitrogens is 9. The number of aliphatic hydroxyl groups is 1. The maximum atomic E-state index is 13.1. The van der Waals surface area contributed by atoms with Crippen molar-refractivity contribution in [2.24, 2.45) is 10.8 Å². The van der Waals surface area contributed by atoms with E-state index in [0.29, 0.717) is 103 Å². The van der Waals surface area contributed by atoms with E-state index in [4.69, 9.17) is 15.2 Å². The van der Waals surface area contributed by atoms with Crippen molar-refractivity contribution in [3.63, 3.8) is 0 Å². The Morgan fingerprint density at radius 3 is 1.31 bits per heavy atom. The summed E-state index contributed by atoms with van der Waals surface area (Å²) >= 11 is 4.11. The number of azide groups is 1. The van der Waals surface area contributed by atoms with E-state index in [-0.39, 0.29) is 17.5 Å². The van der Waals surface area contributed by atoms with Gasteiger partial charge in [-0.15, -0.1) is 34.0 Å². The number of hydrogen-bond donors (Lipinski definition) is 5. The van der Waals surface area contributed by atoms with Gasteiger partial charge in [0.25, 0.3) is 0 Å². The molecule has 580 valence electrons. The van der Waals surface area contributed by atoms with Crippen LogP contribution in [0.15, 0.2) is 170 Å². The van der Waals surface area contributed by atoms with Gasteiger partial charge in [-0.3, -0.25) is 0 Å². The molecule has 9 heterocycles. The maximum absolute atomic E-state index is 13.1. The largest absolute Gasteiger partial charge is 0.465 e. The first-order chi connectivity index (χ1) is 53.8. The van der Waals surface area contributed by atoms with Crippen molar-refractivity contribution in [2.45, 2.75) is 121 Å². The molecule has 3 aliphatic carbocycles. The van der Waals surface area contributed by atoms with Crippen molar-refractivity contribution >= 4 is 80.9 Å². The molecule has 0 radical (unpaired) electrons. The molecule has 0 bridgehead atoms. The summed E-state index contributed by atoms with van der Waals surface area (Å²) in [4.78, 5) is 69.0. The number of alkyl halides is 9. The fourth-order valence-electron chi connectivity index (χ4n) is 13.9. The highest BCUT2D eigenvalue weighted by molar-refractivity contribution is 7.16. The summed E-state index contributed by atoms with van der Waals surface area (Å²) in [5, 5.41) is 26.5. The monoisotopic (exact) mass is 1600 g/mol. The molecule has 21 nitrogen and oxygen atoms in total. The smallest absolute Gasteiger partial charge is 0.416 e. The van der Waals surface area contributed by atoms with Crippen LogP contribution in [0.1, 0.15) is 147 Å². The number of carbonyl (C=O) groups is 2. The Hall–Kier alpha value is -11.6. The van der Waals surface area contributed by atoms with Gasteiger partial charge in [-0.2, -0.15) is 39.5 Å². The van der Waals surface area contributed by atoms with E-state index in [1.807, 2.05) is 39.0 Å². The second kappa shape index (κ2) is 32.2. The minimum atomic E-state index is -4.50. The van der Waals surface area contributed by atoms with Crippen LogP contribution in [0.5, 0.6) is 0 Å². The molecule has 0 saturated heterocycles. The summed E-state index contributed by atoms with van der Waals surface area (Å²) in [6.07, 6.45) is 1.58. The van der Waals surface area contributed by atoms with Crippen LogP contribution in [-0.2, 0) is 63.9 Å². The number of nitrogens with two attached hydrogens (primary N) is 1. The number of carbonyl (C=O) groups excluding carboxylic acids is 2. The van der Waals surface area contributed by atoms with Crippen LogP contribution in [0, 0.1) is 27.7 Å². The Balaban J connectivity index is 0.000000148. The van der Waals surface area contributed by atoms with Crippen molar-refractivity contribution in [1.29, 1.82) is 0 Å². The van der Waals surface area contributed by atoms with Crippen LogP contribution in [-0.4, -0.2) is 76.1 Å². The minimum Gasteiger partial charge on any atom is -0.465 e. The molecular formula is C80H69F9N16O5S3. The number of aryl methyl sites for hydroxylation is 7. The Bertz CT molecular complexity index is 5650. The summed E-state index contributed by atoms with van der Waals surface area (Å²) in [5.41, 5.74) is 23.0. The molecule has 0 saturated carbocycles. The van der Waals surface area contributed by atoms with Gasteiger partial charge in [0.05, 0.1) is 79.3 Å². The van der Waals surface area contributed by atoms with Gasteiger partial charge in [-0.1, -0.05) is 41.0 Å². The molecule has 113 heavy (non-hydrogen) atoms. The van der Waals surface area contributed by atoms with Gasteiger partial charge in [-0.25, -0.2) is 54.4 Å².